The summed E-state index contributed by atoms with van der Waals surface area (Å²) in [6.45, 7) is 0.813. The Kier molecular flexibility index (Phi) is 3.30. The van der Waals surface area contributed by atoms with Crippen LogP contribution in [0.1, 0.15) is 6.92 Å². The molecule has 0 aromatic carbocycles. The van der Waals surface area contributed by atoms with Gasteiger partial charge in [-0.15, -0.1) is 0 Å². The third-order valence-electron chi connectivity index (χ3n) is 0.921. The molecule has 0 aromatic heterocycles. The number of nitrogens with zero attached hydrogens (tertiary/aromatic N) is 2. The fraction of sp³-hybridized carbons (Fsp3) is 1.00. The maximum absolute atomic E-state index is 9.77. The summed E-state index contributed by atoms with van der Waals surface area (Å²) in [6.07, 6.45) is 0. The Hall–Kier alpha value is -1.20. The molecule has 0 radical (unpaired) electrons. The lowest BCUT2D eigenvalue weighted by molar-refractivity contribution is -0.522. The highest BCUT2D eigenvalue weighted by Gasteiger charge is 2.14. The normalized spacial score (nSPS) is 9.80. The van der Waals surface area contributed by atoms with Crippen LogP contribution >= 0.6 is 0 Å². The van der Waals surface area contributed by atoms with E-state index in [1.165, 1.54) is 6.92 Å². The first-order chi connectivity index (χ1) is 4.52. The van der Waals surface area contributed by atoms with E-state index in [-0.39, 0.29) is 13.1 Å². The lowest BCUT2D eigenvalue weighted by Crippen LogP contribution is -2.19. The first-order valence-corrected chi connectivity index (χ1v) is 2.76. The number of rotatable bonds is 4. The minimum atomic E-state index is -0.547. The Morgan fingerprint density at radius 1 is 1.20 bits per heavy atom. The van der Waals surface area contributed by atoms with Crippen LogP contribution in [-0.2, 0) is 0 Å². The van der Waals surface area contributed by atoms with Gasteiger partial charge in [0.1, 0.15) is 0 Å². The predicted octanol–water partition coefficient (Wildman–Crippen LogP) is 0.176. The highest BCUT2D eigenvalue weighted by Crippen LogP contribution is 1.94. The zero-order valence-electron chi connectivity index (χ0n) is 5.52. The molecule has 0 aliphatic rings. The minimum Gasteiger partial charge on any atom is -0.265 e. The van der Waals surface area contributed by atoms with Gasteiger partial charge in [-0.05, 0) is 6.92 Å². The molecule has 0 rings (SSSR count). The summed E-state index contributed by atoms with van der Waals surface area (Å²) in [5.41, 5.74) is 0. The number of nitro groups is 2. The van der Waals surface area contributed by atoms with Gasteiger partial charge < -0.3 is 0 Å². The van der Waals surface area contributed by atoms with Crippen LogP contribution in [0.4, 0.5) is 0 Å². The van der Waals surface area contributed by atoms with Crippen LogP contribution in [0.5, 0.6) is 0 Å². The molecule has 0 bridgehead atoms. The molecule has 6 nitrogen and oxygen atoms in total. The molecular weight excluding hydrogens is 140 g/mol. The summed E-state index contributed by atoms with van der Waals surface area (Å²) in [7, 11) is 0. The third kappa shape index (κ3) is 4.95. The van der Waals surface area contributed by atoms with E-state index in [1.54, 1.807) is 0 Å². The topological polar surface area (TPSA) is 86.3 Å². The van der Waals surface area contributed by atoms with Crippen LogP contribution in [0.3, 0.4) is 0 Å². The monoisotopic (exact) mass is 148 g/mol. The van der Waals surface area contributed by atoms with Crippen molar-refractivity contribution in [3.63, 3.8) is 0 Å². The summed E-state index contributed by atoms with van der Waals surface area (Å²) in [4.78, 5) is 18.5. The summed E-state index contributed by atoms with van der Waals surface area (Å²) >= 11 is 0. The van der Waals surface area contributed by atoms with Crippen molar-refractivity contribution >= 4 is 0 Å². The lowest BCUT2D eigenvalue weighted by atomic mass is 10.2. The number of hydrogen-bond donors (Lipinski definition) is 0. The van der Waals surface area contributed by atoms with Crippen molar-refractivity contribution in [2.45, 2.75) is 6.92 Å². The van der Waals surface area contributed by atoms with E-state index in [1.807, 2.05) is 0 Å². The van der Waals surface area contributed by atoms with Gasteiger partial charge in [0.25, 0.3) is 0 Å². The van der Waals surface area contributed by atoms with Crippen LogP contribution in [-0.4, -0.2) is 22.9 Å². The van der Waals surface area contributed by atoms with E-state index in [0.29, 0.717) is 0 Å². The van der Waals surface area contributed by atoms with E-state index < -0.39 is 15.8 Å². The van der Waals surface area contributed by atoms with Crippen molar-refractivity contribution in [2.75, 3.05) is 13.1 Å². The summed E-state index contributed by atoms with van der Waals surface area (Å²) in [5, 5.41) is 19.5. The van der Waals surface area contributed by atoms with Crippen LogP contribution in [0.25, 0.3) is 0 Å². The summed E-state index contributed by atoms with van der Waals surface area (Å²) in [6, 6.07) is 0. The van der Waals surface area contributed by atoms with Gasteiger partial charge in [0, 0.05) is 9.85 Å². The smallest absolute Gasteiger partial charge is 0.212 e. The molecule has 58 valence electrons. The van der Waals surface area contributed by atoms with Crippen LogP contribution < -0.4 is 0 Å². The van der Waals surface area contributed by atoms with Gasteiger partial charge in [0.2, 0.25) is 13.1 Å². The Morgan fingerprint density at radius 2 is 1.50 bits per heavy atom. The van der Waals surface area contributed by atoms with Gasteiger partial charge in [0.15, 0.2) is 0 Å². The Balaban J connectivity index is 3.53. The standard InChI is InChI=1S/C4H8N2O4/c1-4(2-5(7)8)3-6(9)10/h4H,2-3H2,1H3. The van der Waals surface area contributed by atoms with Crippen molar-refractivity contribution in [2.24, 2.45) is 5.92 Å². The molecule has 0 saturated heterocycles. The van der Waals surface area contributed by atoms with E-state index in [0.717, 1.165) is 0 Å². The Bertz CT molecular complexity index is 130. The van der Waals surface area contributed by atoms with Crippen LogP contribution in [0, 0.1) is 26.1 Å². The molecule has 6 heteroatoms. The second-order valence-electron chi connectivity index (χ2n) is 2.14. The number of hydrogen-bond acceptors (Lipinski definition) is 4. The quantitative estimate of drug-likeness (QED) is 0.420. The third-order valence-corrected chi connectivity index (χ3v) is 0.921. The highest BCUT2D eigenvalue weighted by molar-refractivity contribution is 4.45. The van der Waals surface area contributed by atoms with Crippen molar-refractivity contribution in [1.29, 1.82) is 0 Å². The average Bonchev–Trinajstić information content (AvgIpc) is 1.58. The molecule has 0 amide bonds. The molecule has 0 unspecified atom stereocenters. The second kappa shape index (κ2) is 3.76. The second-order valence-corrected chi connectivity index (χ2v) is 2.14. The molecule has 0 atom stereocenters. The van der Waals surface area contributed by atoms with Gasteiger partial charge in [-0.3, -0.25) is 20.2 Å². The van der Waals surface area contributed by atoms with Gasteiger partial charge in [-0.25, -0.2) is 0 Å². The largest absolute Gasteiger partial charge is 0.265 e. The predicted molar refractivity (Wildman–Crippen MR) is 32.9 cm³/mol. The van der Waals surface area contributed by atoms with E-state index in [9.17, 15) is 20.2 Å². The molecule has 0 spiro atoms. The van der Waals surface area contributed by atoms with E-state index in [4.69, 9.17) is 0 Å². The molecule has 0 heterocycles. The molecule has 0 aliphatic heterocycles. The average molecular weight is 148 g/mol. The molecule has 0 fully saturated rings. The first-order valence-electron chi connectivity index (χ1n) is 2.76. The molecular formula is C4H8N2O4. The Morgan fingerprint density at radius 3 is 1.70 bits per heavy atom. The first kappa shape index (κ1) is 8.80. The fourth-order valence-corrected chi connectivity index (χ4v) is 0.567. The van der Waals surface area contributed by atoms with Crippen molar-refractivity contribution in [3.05, 3.63) is 20.2 Å². The van der Waals surface area contributed by atoms with Gasteiger partial charge >= 0.3 is 0 Å². The zero-order valence-corrected chi connectivity index (χ0v) is 5.52. The minimum absolute atomic E-state index is 0.332. The molecule has 0 aromatic rings. The van der Waals surface area contributed by atoms with Gasteiger partial charge in [-0.2, -0.15) is 0 Å². The van der Waals surface area contributed by atoms with Gasteiger partial charge in [0.05, 0.1) is 5.92 Å². The summed E-state index contributed by atoms with van der Waals surface area (Å²) in [5.74, 6) is -0.481. The summed E-state index contributed by atoms with van der Waals surface area (Å²) < 4.78 is 0. The molecule has 0 N–H and O–H groups in total. The van der Waals surface area contributed by atoms with Crippen LogP contribution in [0.2, 0.25) is 0 Å². The highest BCUT2D eigenvalue weighted by atomic mass is 16.6. The maximum atomic E-state index is 9.77. The van der Waals surface area contributed by atoms with E-state index in [2.05, 4.69) is 0 Å². The Labute approximate surface area is 57.1 Å². The van der Waals surface area contributed by atoms with Crippen LogP contribution in [0.15, 0.2) is 0 Å². The molecule has 10 heavy (non-hydrogen) atoms. The molecule has 0 aliphatic carbocycles. The maximum Gasteiger partial charge on any atom is 0.212 e. The van der Waals surface area contributed by atoms with Crippen molar-refractivity contribution < 1.29 is 9.85 Å². The SMILES string of the molecule is CC(C[N+](=O)[O-])C[N+](=O)[O-]. The van der Waals surface area contributed by atoms with Crippen molar-refractivity contribution in [1.82, 2.24) is 0 Å². The van der Waals surface area contributed by atoms with E-state index >= 15 is 0 Å². The molecule has 0 saturated carbocycles. The lowest BCUT2D eigenvalue weighted by Gasteiger charge is -1.98. The zero-order chi connectivity index (χ0) is 8.15. The van der Waals surface area contributed by atoms with Crippen molar-refractivity contribution in [3.8, 4) is 0 Å². The van der Waals surface area contributed by atoms with Gasteiger partial charge in [-0.1, -0.05) is 0 Å². The fourth-order valence-electron chi connectivity index (χ4n) is 0.567.